The first-order valence-corrected chi connectivity index (χ1v) is 5.32. The van der Waals surface area contributed by atoms with Gasteiger partial charge in [0.1, 0.15) is 5.82 Å². The van der Waals surface area contributed by atoms with E-state index in [-0.39, 0.29) is 16.7 Å². The molecule has 0 aromatic heterocycles. The topological polar surface area (TPSA) is 17.1 Å². The Balaban J connectivity index is 2.62. The van der Waals surface area contributed by atoms with Crippen LogP contribution in [-0.2, 0) is 0 Å². The maximum absolute atomic E-state index is 13.5. The Labute approximate surface area is 106 Å². The average Bonchev–Trinajstić information content (AvgIpc) is 2.33. The van der Waals surface area contributed by atoms with Crippen LogP contribution in [0.4, 0.5) is 13.2 Å². The molecule has 0 saturated carbocycles. The molecule has 92 valence electrons. The molecule has 0 spiro atoms. The minimum atomic E-state index is -1.06. The van der Waals surface area contributed by atoms with E-state index in [1.165, 1.54) is 18.2 Å². The Bertz CT molecular complexity index is 626. The van der Waals surface area contributed by atoms with Crippen LogP contribution < -0.4 is 0 Å². The second-order valence-electron chi connectivity index (χ2n) is 3.57. The quantitative estimate of drug-likeness (QED) is 0.749. The monoisotopic (exact) mass is 270 g/mol. The summed E-state index contributed by atoms with van der Waals surface area (Å²) in [6.45, 7) is 0. The van der Waals surface area contributed by atoms with Gasteiger partial charge in [-0.2, -0.15) is 0 Å². The maximum atomic E-state index is 13.5. The Hall–Kier alpha value is -1.81. The van der Waals surface area contributed by atoms with Gasteiger partial charge in [-0.15, -0.1) is 0 Å². The lowest BCUT2D eigenvalue weighted by Gasteiger charge is -2.06. The summed E-state index contributed by atoms with van der Waals surface area (Å²) in [7, 11) is 0. The largest absolute Gasteiger partial charge is 0.275 e. The van der Waals surface area contributed by atoms with Crippen LogP contribution in [0.25, 0.3) is 11.1 Å². The number of rotatable bonds is 2. The number of hydrogen-bond acceptors (Lipinski definition) is 1. The van der Waals surface area contributed by atoms with Crippen LogP contribution in [0.2, 0.25) is 0 Å². The van der Waals surface area contributed by atoms with E-state index in [1.807, 2.05) is 0 Å². The zero-order valence-electron chi connectivity index (χ0n) is 8.88. The van der Waals surface area contributed by atoms with Gasteiger partial charge in [0.15, 0.2) is 11.6 Å². The summed E-state index contributed by atoms with van der Waals surface area (Å²) in [5.41, 5.74) is -0.260. The van der Waals surface area contributed by atoms with Crippen molar-refractivity contribution >= 4 is 16.8 Å². The van der Waals surface area contributed by atoms with E-state index in [1.54, 1.807) is 0 Å². The minimum absolute atomic E-state index is 0.0610. The molecule has 0 bridgehead atoms. The second-order valence-corrected chi connectivity index (χ2v) is 3.91. The first-order valence-electron chi connectivity index (χ1n) is 4.94. The van der Waals surface area contributed by atoms with Crippen LogP contribution in [0.15, 0.2) is 36.4 Å². The molecule has 1 nitrogen and oxygen atoms in total. The van der Waals surface area contributed by atoms with E-state index in [9.17, 15) is 18.0 Å². The average molecular weight is 271 g/mol. The molecule has 0 aliphatic rings. The van der Waals surface area contributed by atoms with E-state index in [0.717, 1.165) is 18.2 Å². The van der Waals surface area contributed by atoms with Crippen molar-refractivity contribution in [2.75, 3.05) is 0 Å². The van der Waals surface area contributed by atoms with E-state index < -0.39 is 22.7 Å². The number of carbonyl (C=O) groups excluding carboxylic acids is 1. The van der Waals surface area contributed by atoms with Crippen LogP contribution in [0.1, 0.15) is 10.4 Å². The lowest BCUT2D eigenvalue weighted by molar-refractivity contribution is 0.107. The molecule has 0 fully saturated rings. The van der Waals surface area contributed by atoms with E-state index >= 15 is 0 Å². The maximum Gasteiger partial charge on any atom is 0.255 e. The first kappa shape index (κ1) is 12.6. The molecule has 0 radical (unpaired) electrons. The predicted molar refractivity (Wildman–Crippen MR) is 61.9 cm³/mol. The first-order chi connectivity index (χ1) is 8.50. The molecule has 0 saturated heterocycles. The summed E-state index contributed by atoms with van der Waals surface area (Å²) >= 11 is 5.19. The van der Waals surface area contributed by atoms with Crippen molar-refractivity contribution in [3.05, 3.63) is 59.4 Å². The zero-order chi connectivity index (χ0) is 13.3. The van der Waals surface area contributed by atoms with Crippen molar-refractivity contribution in [3.63, 3.8) is 0 Å². The summed E-state index contributed by atoms with van der Waals surface area (Å²) in [4.78, 5) is 11.0. The summed E-state index contributed by atoms with van der Waals surface area (Å²) in [6, 6.07) is 6.93. The fraction of sp³-hybridized carbons (Fsp3) is 0. The molecule has 2 aromatic carbocycles. The van der Waals surface area contributed by atoms with Gasteiger partial charge >= 0.3 is 0 Å². The lowest BCUT2D eigenvalue weighted by atomic mass is 10.0. The Morgan fingerprint density at radius 3 is 2.39 bits per heavy atom. The van der Waals surface area contributed by atoms with Gasteiger partial charge in [-0.25, -0.2) is 13.2 Å². The third-order valence-electron chi connectivity index (χ3n) is 2.44. The van der Waals surface area contributed by atoms with Crippen LogP contribution in [-0.4, -0.2) is 5.24 Å². The Morgan fingerprint density at radius 2 is 1.72 bits per heavy atom. The van der Waals surface area contributed by atoms with Crippen LogP contribution in [0.3, 0.4) is 0 Å². The Morgan fingerprint density at radius 1 is 1.00 bits per heavy atom. The molecule has 2 rings (SSSR count). The van der Waals surface area contributed by atoms with Crippen molar-refractivity contribution in [2.45, 2.75) is 0 Å². The molecular formula is C13H6ClF3O. The highest BCUT2D eigenvalue weighted by atomic mass is 35.5. The van der Waals surface area contributed by atoms with Crippen molar-refractivity contribution < 1.29 is 18.0 Å². The highest BCUT2D eigenvalue weighted by Crippen LogP contribution is 2.26. The van der Waals surface area contributed by atoms with Crippen LogP contribution >= 0.6 is 11.6 Å². The van der Waals surface area contributed by atoms with Crippen LogP contribution in [0.5, 0.6) is 0 Å². The molecule has 0 N–H and O–H groups in total. The van der Waals surface area contributed by atoms with Crippen molar-refractivity contribution in [2.24, 2.45) is 0 Å². The van der Waals surface area contributed by atoms with Crippen LogP contribution in [0, 0.1) is 17.5 Å². The third-order valence-corrected chi connectivity index (χ3v) is 2.64. The number of benzene rings is 2. The number of hydrogen-bond donors (Lipinski definition) is 0. The third kappa shape index (κ3) is 2.24. The number of halogens is 4. The van der Waals surface area contributed by atoms with Gasteiger partial charge in [0.05, 0.1) is 5.56 Å². The minimum Gasteiger partial charge on any atom is -0.275 e. The predicted octanol–water partition coefficient (Wildman–Crippen LogP) is 4.15. The summed E-state index contributed by atoms with van der Waals surface area (Å²) < 4.78 is 39.8. The van der Waals surface area contributed by atoms with Gasteiger partial charge in [-0.1, -0.05) is 18.2 Å². The molecule has 0 unspecified atom stereocenters. The molecule has 18 heavy (non-hydrogen) atoms. The van der Waals surface area contributed by atoms with Gasteiger partial charge in [-0.3, -0.25) is 4.79 Å². The number of carbonyl (C=O) groups is 1. The van der Waals surface area contributed by atoms with Gasteiger partial charge in [0, 0.05) is 5.56 Å². The summed E-state index contributed by atoms with van der Waals surface area (Å²) in [5.74, 6) is -2.89. The fourth-order valence-corrected chi connectivity index (χ4v) is 1.72. The van der Waals surface area contributed by atoms with Gasteiger partial charge in [0.2, 0.25) is 0 Å². The molecule has 2 aromatic rings. The highest BCUT2D eigenvalue weighted by molar-refractivity contribution is 6.67. The van der Waals surface area contributed by atoms with Gasteiger partial charge in [0.25, 0.3) is 5.24 Å². The molecule has 0 amide bonds. The van der Waals surface area contributed by atoms with Crippen molar-refractivity contribution in [1.82, 2.24) is 0 Å². The molecule has 0 atom stereocenters. The standard InChI is InChI=1S/C13H6ClF3O/c14-13(18)9-6-7(4-5-10(9)15)8-2-1-3-11(16)12(8)17/h1-6H. The van der Waals surface area contributed by atoms with E-state index in [4.69, 9.17) is 11.6 Å². The highest BCUT2D eigenvalue weighted by Gasteiger charge is 2.14. The fourth-order valence-electron chi connectivity index (χ4n) is 1.57. The summed E-state index contributed by atoms with van der Waals surface area (Å²) in [5, 5.41) is -0.994. The molecule has 0 aliphatic heterocycles. The Kier molecular flexibility index (Phi) is 3.39. The zero-order valence-corrected chi connectivity index (χ0v) is 9.64. The van der Waals surface area contributed by atoms with Gasteiger partial charge < -0.3 is 0 Å². The van der Waals surface area contributed by atoms with Crippen molar-refractivity contribution in [3.8, 4) is 11.1 Å². The van der Waals surface area contributed by atoms with Gasteiger partial charge in [-0.05, 0) is 35.4 Å². The smallest absolute Gasteiger partial charge is 0.255 e. The second kappa shape index (κ2) is 4.82. The van der Waals surface area contributed by atoms with Crippen molar-refractivity contribution in [1.29, 1.82) is 0 Å². The molecule has 5 heteroatoms. The molecule has 0 aliphatic carbocycles. The molecule has 0 heterocycles. The van der Waals surface area contributed by atoms with E-state index in [2.05, 4.69) is 0 Å². The summed E-state index contributed by atoms with van der Waals surface area (Å²) in [6.07, 6.45) is 0. The normalized spacial score (nSPS) is 10.4. The SMILES string of the molecule is O=C(Cl)c1cc(-c2cccc(F)c2F)ccc1F. The lowest BCUT2D eigenvalue weighted by Crippen LogP contribution is -1.96. The van der Waals surface area contributed by atoms with E-state index in [0.29, 0.717) is 0 Å². The molecular weight excluding hydrogens is 265 g/mol.